The van der Waals surface area contributed by atoms with Crippen molar-refractivity contribution >= 4 is 23.7 Å². The monoisotopic (exact) mass is 534 g/mol. The number of hydrogen-bond donors (Lipinski definition) is 6. The van der Waals surface area contributed by atoms with Gasteiger partial charge in [0.15, 0.2) is 0 Å². The number of aromatic hydroxyl groups is 1. The SMILES string of the molecule is CC(C)C[C@H](NC(=O)[C@H](Cc1ccc(O)cc1)NC(=O)[C@@H]1CC[C@H](CNC(=O)[C@@H](N)CC(C)C)O1)C(=O)O. The smallest absolute Gasteiger partial charge is 0.326 e. The number of carbonyl (C=O) groups is 4. The van der Waals surface area contributed by atoms with E-state index in [2.05, 4.69) is 16.0 Å². The highest BCUT2D eigenvalue weighted by Crippen LogP contribution is 2.20. The van der Waals surface area contributed by atoms with Gasteiger partial charge in [0.25, 0.3) is 0 Å². The predicted molar refractivity (Wildman–Crippen MR) is 141 cm³/mol. The summed E-state index contributed by atoms with van der Waals surface area (Å²) in [6.07, 6.45) is 0.653. The van der Waals surface area contributed by atoms with Crippen LogP contribution in [0.5, 0.6) is 5.75 Å². The third-order valence-electron chi connectivity index (χ3n) is 6.30. The molecule has 11 heteroatoms. The first-order valence-corrected chi connectivity index (χ1v) is 13.2. The van der Waals surface area contributed by atoms with Crippen LogP contribution in [0, 0.1) is 11.8 Å². The third kappa shape index (κ3) is 10.3. The van der Waals surface area contributed by atoms with Gasteiger partial charge in [0.05, 0.1) is 12.1 Å². The Bertz CT molecular complexity index is 951. The molecular formula is C27H42N4O7. The fraction of sp³-hybridized carbons (Fsp3) is 0.630. The van der Waals surface area contributed by atoms with E-state index in [1.165, 1.54) is 12.1 Å². The summed E-state index contributed by atoms with van der Waals surface area (Å²) in [5.41, 5.74) is 6.58. The summed E-state index contributed by atoms with van der Waals surface area (Å²) in [5.74, 6) is -2.16. The van der Waals surface area contributed by atoms with Crippen LogP contribution in [0.4, 0.5) is 0 Å². The molecule has 2 rings (SSSR count). The second-order valence-electron chi connectivity index (χ2n) is 10.8. The molecule has 1 aliphatic rings. The van der Waals surface area contributed by atoms with Gasteiger partial charge >= 0.3 is 5.97 Å². The number of nitrogens with one attached hydrogen (secondary N) is 3. The summed E-state index contributed by atoms with van der Waals surface area (Å²) in [6.45, 7) is 7.90. The lowest BCUT2D eigenvalue weighted by atomic mass is 10.0. The number of ether oxygens (including phenoxy) is 1. The Hall–Kier alpha value is -3.18. The number of carboxylic acid groups (broad SMARTS) is 1. The highest BCUT2D eigenvalue weighted by molar-refractivity contribution is 5.91. The highest BCUT2D eigenvalue weighted by atomic mass is 16.5. The van der Waals surface area contributed by atoms with Crippen LogP contribution in [0.15, 0.2) is 24.3 Å². The van der Waals surface area contributed by atoms with E-state index in [0.29, 0.717) is 24.8 Å². The Morgan fingerprint density at radius 2 is 1.58 bits per heavy atom. The average molecular weight is 535 g/mol. The van der Waals surface area contributed by atoms with Crippen LogP contribution in [0.3, 0.4) is 0 Å². The number of phenols is 1. The minimum atomic E-state index is -1.15. The van der Waals surface area contributed by atoms with E-state index in [1.54, 1.807) is 12.1 Å². The molecule has 0 aliphatic carbocycles. The van der Waals surface area contributed by atoms with E-state index < -0.39 is 42.0 Å². The summed E-state index contributed by atoms with van der Waals surface area (Å²) in [4.78, 5) is 50.0. The lowest BCUT2D eigenvalue weighted by molar-refractivity contribution is -0.143. The molecule has 1 aromatic carbocycles. The number of carbonyl (C=O) groups excluding carboxylic acids is 3. The molecular weight excluding hydrogens is 492 g/mol. The number of benzene rings is 1. The van der Waals surface area contributed by atoms with Crippen molar-refractivity contribution in [2.24, 2.45) is 17.6 Å². The quantitative estimate of drug-likeness (QED) is 0.205. The van der Waals surface area contributed by atoms with E-state index in [0.717, 1.165) is 0 Å². The van der Waals surface area contributed by atoms with E-state index >= 15 is 0 Å². The largest absolute Gasteiger partial charge is 0.508 e. The van der Waals surface area contributed by atoms with Gasteiger partial charge in [0.2, 0.25) is 17.7 Å². The first-order valence-electron chi connectivity index (χ1n) is 13.2. The van der Waals surface area contributed by atoms with Crippen molar-refractivity contribution in [3.8, 4) is 5.75 Å². The van der Waals surface area contributed by atoms with E-state index in [-0.39, 0.29) is 49.0 Å². The molecule has 0 radical (unpaired) electrons. The molecule has 1 heterocycles. The van der Waals surface area contributed by atoms with Crippen LogP contribution in [0.1, 0.15) is 58.9 Å². The van der Waals surface area contributed by atoms with Gasteiger partial charge in [-0.25, -0.2) is 4.79 Å². The average Bonchev–Trinajstić information content (AvgIpc) is 3.31. The molecule has 1 saturated heterocycles. The molecule has 1 aromatic rings. The van der Waals surface area contributed by atoms with Gasteiger partial charge in [-0.2, -0.15) is 0 Å². The Labute approximate surface area is 223 Å². The van der Waals surface area contributed by atoms with Gasteiger partial charge in [-0.05, 0) is 55.2 Å². The van der Waals surface area contributed by atoms with Crippen LogP contribution in [-0.2, 0) is 30.3 Å². The summed E-state index contributed by atoms with van der Waals surface area (Å²) in [7, 11) is 0. The topological polar surface area (TPSA) is 180 Å². The highest BCUT2D eigenvalue weighted by Gasteiger charge is 2.34. The van der Waals surface area contributed by atoms with Gasteiger partial charge < -0.3 is 36.6 Å². The number of aliphatic carboxylic acids is 1. The molecule has 1 fully saturated rings. The zero-order valence-electron chi connectivity index (χ0n) is 22.6. The number of carboxylic acids is 1. The Morgan fingerprint density at radius 1 is 0.947 bits per heavy atom. The van der Waals surface area contributed by atoms with Crippen LogP contribution in [0.2, 0.25) is 0 Å². The molecule has 3 amide bonds. The normalized spacial score (nSPS) is 19.6. The zero-order valence-corrected chi connectivity index (χ0v) is 22.6. The van der Waals surface area contributed by atoms with Crippen LogP contribution in [0.25, 0.3) is 0 Å². The Balaban J connectivity index is 2.02. The first-order chi connectivity index (χ1) is 17.8. The standard InChI is InChI=1S/C27H42N4O7/c1-15(2)11-20(28)24(33)29-14-19-9-10-23(38-19)26(35)30-21(13-17-5-7-18(32)8-6-17)25(34)31-22(27(36)37)12-16(3)4/h5-8,15-16,19-23,32H,9-14,28H2,1-4H3,(H,29,33)(H,30,35)(H,31,34)(H,36,37)/t19-,20+,21+,22+,23+/m1/s1. The lowest BCUT2D eigenvalue weighted by Crippen LogP contribution is -2.54. The number of nitrogens with two attached hydrogens (primary N) is 1. The summed E-state index contributed by atoms with van der Waals surface area (Å²) in [6, 6.07) is 3.42. The molecule has 38 heavy (non-hydrogen) atoms. The van der Waals surface area contributed by atoms with Gasteiger partial charge in [-0.3, -0.25) is 14.4 Å². The molecule has 0 saturated carbocycles. The predicted octanol–water partition coefficient (Wildman–Crippen LogP) is 1.07. The molecule has 0 aromatic heterocycles. The fourth-order valence-corrected chi connectivity index (χ4v) is 4.32. The van der Waals surface area contributed by atoms with Gasteiger partial charge in [0, 0.05) is 13.0 Å². The zero-order chi connectivity index (χ0) is 28.4. The second kappa shape index (κ2) is 14.7. The van der Waals surface area contributed by atoms with Crippen LogP contribution < -0.4 is 21.7 Å². The van der Waals surface area contributed by atoms with Crippen molar-refractivity contribution in [3.05, 3.63) is 29.8 Å². The Morgan fingerprint density at radius 3 is 2.16 bits per heavy atom. The first kappa shape index (κ1) is 31.0. The number of hydrogen-bond acceptors (Lipinski definition) is 7. The minimum absolute atomic E-state index is 0.0331. The minimum Gasteiger partial charge on any atom is -0.508 e. The van der Waals surface area contributed by atoms with Crippen molar-refractivity contribution in [1.82, 2.24) is 16.0 Å². The fourth-order valence-electron chi connectivity index (χ4n) is 4.32. The van der Waals surface area contributed by atoms with E-state index in [4.69, 9.17) is 10.5 Å². The number of rotatable bonds is 14. The second-order valence-corrected chi connectivity index (χ2v) is 10.8. The Kier molecular flexibility index (Phi) is 12.0. The van der Waals surface area contributed by atoms with Crippen molar-refractivity contribution < 1.29 is 34.1 Å². The summed E-state index contributed by atoms with van der Waals surface area (Å²) >= 11 is 0. The van der Waals surface area contributed by atoms with Crippen molar-refractivity contribution in [2.45, 2.75) is 90.1 Å². The number of amides is 3. The maximum atomic E-state index is 13.1. The van der Waals surface area contributed by atoms with Crippen LogP contribution in [-0.4, -0.2) is 70.8 Å². The number of phenolic OH excluding ortho intramolecular Hbond substituents is 1. The van der Waals surface area contributed by atoms with Gasteiger partial charge in [0.1, 0.15) is 23.9 Å². The maximum Gasteiger partial charge on any atom is 0.326 e. The van der Waals surface area contributed by atoms with E-state index in [9.17, 15) is 29.4 Å². The third-order valence-corrected chi connectivity index (χ3v) is 6.30. The molecule has 5 atom stereocenters. The molecule has 0 spiro atoms. The molecule has 1 aliphatic heterocycles. The van der Waals surface area contributed by atoms with Crippen molar-refractivity contribution in [2.75, 3.05) is 6.54 Å². The van der Waals surface area contributed by atoms with Gasteiger partial charge in [-0.1, -0.05) is 39.8 Å². The molecule has 212 valence electrons. The van der Waals surface area contributed by atoms with Crippen molar-refractivity contribution in [1.29, 1.82) is 0 Å². The van der Waals surface area contributed by atoms with E-state index in [1.807, 2.05) is 27.7 Å². The maximum absolute atomic E-state index is 13.1. The molecule has 0 unspecified atom stereocenters. The lowest BCUT2D eigenvalue weighted by Gasteiger charge is -2.24. The molecule has 7 N–H and O–H groups in total. The van der Waals surface area contributed by atoms with Gasteiger partial charge in [-0.15, -0.1) is 0 Å². The van der Waals surface area contributed by atoms with Crippen LogP contribution >= 0.6 is 0 Å². The molecule has 0 bridgehead atoms. The summed E-state index contributed by atoms with van der Waals surface area (Å²) in [5, 5.41) is 27.1. The molecule has 11 nitrogen and oxygen atoms in total. The summed E-state index contributed by atoms with van der Waals surface area (Å²) < 4.78 is 5.83. The van der Waals surface area contributed by atoms with Crippen molar-refractivity contribution in [3.63, 3.8) is 0 Å².